The number of esters is 1. The molecular formula is C17H23NO2. The zero-order valence-electron chi connectivity index (χ0n) is 12.3. The van der Waals surface area contributed by atoms with Gasteiger partial charge in [-0.25, -0.2) is 0 Å². The third-order valence-corrected chi connectivity index (χ3v) is 4.82. The molecule has 0 amide bonds. The van der Waals surface area contributed by atoms with Gasteiger partial charge in [-0.2, -0.15) is 0 Å². The summed E-state index contributed by atoms with van der Waals surface area (Å²) in [5, 5.41) is 0. The summed E-state index contributed by atoms with van der Waals surface area (Å²) < 4.78 is 5.14. The molecule has 3 heteroatoms. The molecule has 1 aromatic carbocycles. The first-order valence-corrected chi connectivity index (χ1v) is 7.63. The van der Waals surface area contributed by atoms with Crippen LogP contribution in [0.5, 0.6) is 0 Å². The van der Waals surface area contributed by atoms with Crippen molar-refractivity contribution in [2.45, 2.75) is 20.4 Å². The van der Waals surface area contributed by atoms with E-state index in [1.165, 1.54) is 5.56 Å². The van der Waals surface area contributed by atoms with Crippen molar-refractivity contribution in [2.75, 3.05) is 19.7 Å². The van der Waals surface area contributed by atoms with Crippen LogP contribution < -0.4 is 0 Å². The van der Waals surface area contributed by atoms with Gasteiger partial charge in [-0.05, 0) is 30.2 Å². The molecule has 0 N–H and O–H groups in total. The second-order valence-electron chi connectivity index (χ2n) is 6.13. The quantitative estimate of drug-likeness (QED) is 0.772. The first-order valence-electron chi connectivity index (χ1n) is 7.63. The summed E-state index contributed by atoms with van der Waals surface area (Å²) in [5.41, 5.74) is 1.38. The Bertz CT molecular complexity index is 461. The van der Waals surface area contributed by atoms with Crippen molar-refractivity contribution in [3.63, 3.8) is 0 Å². The predicted molar refractivity (Wildman–Crippen MR) is 78.0 cm³/mol. The van der Waals surface area contributed by atoms with E-state index in [2.05, 4.69) is 35.2 Å². The van der Waals surface area contributed by atoms with Crippen LogP contribution in [0.2, 0.25) is 0 Å². The van der Waals surface area contributed by atoms with Gasteiger partial charge in [0.15, 0.2) is 0 Å². The molecule has 3 rings (SSSR count). The molecule has 0 bridgehead atoms. The lowest BCUT2D eigenvalue weighted by atomic mass is 10.0. The number of piperidine rings is 1. The summed E-state index contributed by atoms with van der Waals surface area (Å²) in [6.07, 6.45) is 0. The summed E-state index contributed by atoms with van der Waals surface area (Å²) in [4.78, 5) is 14.3. The summed E-state index contributed by atoms with van der Waals surface area (Å²) in [6, 6.07) is 10.6. The van der Waals surface area contributed by atoms with Crippen molar-refractivity contribution >= 4 is 5.97 Å². The highest BCUT2D eigenvalue weighted by molar-refractivity contribution is 5.73. The van der Waals surface area contributed by atoms with Crippen LogP contribution in [0.3, 0.4) is 0 Å². The number of benzene rings is 1. The van der Waals surface area contributed by atoms with Crippen LogP contribution in [0.25, 0.3) is 0 Å². The molecule has 1 heterocycles. The molecular weight excluding hydrogens is 250 g/mol. The Balaban J connectivity index is 1.49. The van der Waals surface area contributed by atoms with Crippen LogP contribution in [0, 0.1) is 23.7 Å². The number of nitrogens with zero attached hydrogens (tertiary/aromatic N) is 1. The van der Waals surface area contributed by atoms with Crippen LogP contribution >= 0.6 is 0 Å². The maximum atomic E-state index is 11.8. The van der Waals surface area contributed by atoms with Gasteiger partial charge < -0.3 is 4.74 Å². The second-order valence-corrected chi connectivity index (χ2v) is 6.13. The van der Waals surface area contributed by atoms with Gasteiger partial charge in [0.25, 0.3) is 0 Å². The molecule has 2 aliphatic rings. The molecule has 1 aliphatic heterocycles. The van der Waals surface area contributed by atoms with E-state index < -0.39 is 0 Å². The predicted octanol–water partition coefficient (Wildman–Crippen LogP) is 2.56. The first kappa shape index (κ1) is 13.6. The minimum atomic E-state index is -0.0125. The Labute approximate surface area is 120 Å². The van der Waals surface area contributed by atoms with Crippen molar-refractivity contribution in [1.82, 2.24) is 4.90 Å². The van der Waals surface area contributed by atoms with Gasteiger partial charge in [0.2, 0.25) is 0 Å². The number of fused-ring (bicyclic) bond motifs is 1. The number of rotatable bonds is 5. The van der Waals surface area contributed by atoms with Crippen molar-refractivity contribution in [3.8, 4) is 0 Å². The highest BCUT2D eigenvalue weighted by atomic mass is 16.5. The smallest absolute Gasteiger partial charge is 0.308 e. The van der Waals surface area contributed by atoms with Crippen molar-refractivity contribution < 1.29 is 9.53 Å². The Morgan fingerprint density at radius 2 is 1.95 bits per heavy atom. The van der Waals surface area contributed by atoms with Gasteiger partial charge in [-0.15, -0.1) is 0 Å². The highest BCUT2D eigenvalue weighted by Gasteiger charge is 2.58. The number of carbonyl (C=O) groups excluding carboxylic acids is 1. The molecule has 1 saturated carbocycles. The SMILES string of the molecule is CCOC(=O)C(C)C1[C@H]2CN(Cc3ccccc3)C[C@@H]12. The largest absolute Gasteiger partial charge is 0.466 e. The lowest BCUT2D eigenvalue weighted by Gasteiger charge is -2.21. The molecule has 2 fully saturated rings. The molecule has 1 saturated heterocycles. The van der Waals surface area contributed by atoms with E-state index in [4.69, 9.17) is 4.74 Å². The number of carbonyl (C=O) groups is 1. The Kier molecular flexibility index (Phi) is 3.79. The fourth-order valence-electron chi connectivity index (χ4n) is 3.80. The van der Waals surface area contributed by atoms with E-state index in [-0.39, 0.29) is 11.9 Å². The average Bonchev–Trinajstić information content (AvgIpc) is 2.95. The Morgan fingerprint density at radius 3 is 2.55 bits per heavy atom. The molecule has 4 atom stereocenters. The van der Waals surface area contributed by atoms with Gasteiger partial charge >= 0.3 is 5.97 Å². The van der Waals surface area contributed by atoms with Crippen molar-refractivity contribution in [3.05, 3.63) is 35.9 Å². The average molecular weight is 273 g/mol. The zero-order chi connectivity index (χ0) is 14.1. The maximum absolute atomic E-state index is 11.8. The van der Waals surface area contributed by atoms with E-state index >= 15 is 0 Å². The Hall–Kier alpha value is -1.35. The van der Waals surface area contributed by atoms with E-state index in [9.17, 15) is 4.79 Å². The molecule has 0 radical (unpaired) electrons. The standard InChI is InChI=1S/C17H23NO2/c1-3-20-17(19)12(2)16-14-10-18(11-15(14)16)9-13-7-5-4-6-8-13/h4-8,12,14-16H,3,9-11H2,1-2H3/t12?,14-,15+,16?. The molecule has 108 valence electrons. The lowest BCUT2D eigenvalue weighted by Crippen LogP contribution is -2.27. The van der Waals surface area contributed by atoms with Gasteiger partial charge in [0.05, 0.1) is 12.5 Å². The van der Waals surface area contributed by atoms with E-state index in [0.29, 0.717) is 24.4 Å². The first-order chi connectivity index (χ1) is 9.70. The number of ether oxygens (including phenoxy) is 1. The number of hydrogen-bond donors (Lipinski definition) is 0. The normalized spacial score (nSPS) is 29.8. The van der Waals surface area contributed by atoms with Crippen LogP contribution in [0.15, 0.2) is 30.3 Å². The third kappa shape index (κ3) is 2.59. The van der Waals surface area contributed by atoms with E-state index in [0.717, 1.165) is 19.6 Å². The summed E-state index contributed by atoms with van der Waals surface area (Å²) in [7, 11) is 0. The molecule has 1 aromatic rings. The molecule has 2 unspecified atom stereocenters. The van der Waals surface area contributed by atoms with Gasteiger partial charge in [0, 0.05) is 19.6 Å². The molecule has 20 heavy (non-hydrogen) atoms. The van der Waals surface area contributed by atoms with Gasteiger partial charge in [-0.3, -0.25) is 9.69 Å². The highest BCUT2D eigenvalue weighted by Crippen LogP contribution is 2.55. The van der Waals surface area contributed by atoms with E-state index in [1.807, 2.05) is 13.8 Å². The third-order valence-electron chi connectivity index (χ3n) is 4.82. The maximum Gasteiger partial charge on any atom is 0.308 e. The summed E-state index contributed by atoms with van der Waals surface area (Å²) >= 11 is 0. The van der Waals surface area contributed by atoms with Crippen LogP contribution in [0.1, 0.15) is 19.4 Å². The van der Waals surface area contributed by atoms with Crippen molar-refractivity contribution in [2.24, 2.45) is 23.7 Å². The van der Waals surface area contributed by atoms with E-state index in [1.54, 1.807) is 0 Å². The second kappa shape index (κ2) is 5.57. The monoisotopic (exact) mass is 273 g/mol. The fraction of sp³-hybridized carbons (Fsp3) is 0.588. The minimum absolute atomic E-state index is 0.0125. The van der Waals surface area contributed by atoms with Crippen molar-refractivity contribution in [1.29, 1.82) is 0 Å². The van der Waals surface area contributed by atoms with Crippen LogP contribution in [-0.4, -0.2) is 30.6 Å². The number of hydrogen-bond acceptors (Lipinski definition) is 3. The molecule has 1 aliphatic carbocycles. The summed E-state index contributed by atoms with van der Waals surface area (Å²) in [5.74, 6) is 2.03. The van der Waals surface area contributed by atoms with Crippen LogP contribution in [-0.2, 0) is 16.1 Å². The minimum Gasteiger partial charge on any atom is -0.466 e. The molecule has 3 nitrogen and oxygen atoms in total. The fourth-order valence-corrected chi connectivity index (χ4v) is 3.80. The molecule has 0 spiro atoms. The summed E-state index contributed by atoms with van der Waals surface area (Å²) in [6.45, 7) is 7.70. The zero-order valence-corrected chi connectivity index (χ0v) is 12.3. The van der Waals surface area contributed by atoms with Gasteiger partial charge in [-0.1, -0.05) is 37.3 Å². The van der Waals surface area contributed by atoms with Crippen LogP contribution in [0.4, 0.5) is 0 Å². The van der Waals surface area contributed by atoms with Gasteiger partial charge in [0.1, 0.15) is 0 Å². The topological polar surface area (TPSA) is 29.5 Å². The number of likely N-dealkylation sites (tertiary alicyclic amines) is 1. The lowest BCUT2D eigenvalue weighted by molar-refractivity contribution is -0.148. The Morgan fingerprint density at radius 1 is 1.30 bits per heavy atom. The molecule has 0 aromatic heterocycles.